The summed E-state index contributed by atoms with van der Waals surface area (Å²) in [4.78, 5) is 10.8. The van der Waals surface area contributed by atoms with E-state index < -0.39 is 5.91 Å². The van der Waals surface area contributed by atoms with Gasteiger partial charge < -0.3 is 10.5 Å². The highest BCUT2D eigenvalue weighted by molar-refractivity contribution is 5.91. The van der Waals surface area contributed by atoms with Gasteiger partial charge >= 0.3 is 0 Å². The summed E-state index contributed by atoms with van der Waals surface area (Å²) in [5.74, 6) is -0.394. The molecule has 3 heteroatoms. The second-order valence-electron chi connectivity index (χ2n) is 4.15. The number of carbonyl (C=O) groups is 1. The van der Waals surface area contributed by atoms with Gasteiger partial charge in [0.2, 0.25) is 5.91 Å². The van der Waals surface area contributed by atoms with Crippen LogP contribution in [0.5, 0.6) is 0 Å². The molecule has 0 saturated carbocycles. The van der Waals surface area contributed by atoms with Gasteiger partial charge in [0, 0.05) is 5.57 Å². The summed E-state index contributed by atoms with van der Waals surface area (Å²) < 4.78 is 5.72. The standard InChI is InChI=1S/C11H21NO2/c1-6-11(4,5)14-9(3)7-8(2)10(12)13/h7,9H,6H2,1-5H3,(H2,12,13). The molecule has 82 valence electrons. The van der Waals surface area contributed by atoms with Crippen molar-refractivity contribution in [3.63, 3.8) is 0 Å². The van der Waals surface area contributed by atoms with Crippen molar-refractivity contribution in [2.24, 2.45) is 5.73 Å². The lowest BCUT2D eigenvalue weighted by Gasteiger charge is -2.26. The second kappa shape index (κ2) is 5.15. The van der Waals surface area contributed by atoms with Crippen molar-refractivity contribution in [2.75, 3.05) is 0 Å². The summed E-state index contributed by atoms with van der Waals surface area (Å²) in [5.41, 5.74) is 5.50. The number of hydrogen-bond acceptors (Lipinski definition) is 2. The second-order valence-corrected chi connectivity index (χ2v) is 4.15. The molecule has 0 aliphatic carbocycles. The van der Waals surface area contributed by atoms with Crippen LogP contribution in [0.1, 0.15) is 41.0 Å². The van der Waals surface area contributed by atoms with Crippen LogP contribution in [0.25, 0.3) is 0 Å². The van der Waals surface area contributed by atoms with Crippen molar-refractivity contribution in [3.05, 3.63) is 11.6 Å². The molecule has 1 unspecified atom stereocenters. The van der Waals surface area contributed by atoms with Crippen molar-refractivity contribution < 1.29 is 9.53 Å². The van der Waals surface area contributed by atoms with Gasteiger partial charge in [0.15, 0.2) is 0 Å². The molecule has 0 aromatic rings. The van der Waals surface area contributed by atoms with Crippen molar-refractivity contribution in [1.82, 2.24) is 0 Å². The molecule has 0 aliphatic heterocycles. The van der Waals surface area contributed by atoms with Crippen LogP contribution in [0, 0.1) is 0 Å². The lowest BCUT2D eigenvalue weighted by atomic mass is 10.1. The van der Waals surface area contributed by atoms with Crippen LogP contribution in [0.3, 0.4) is 0 Å². The highest BCUT2D eigenvalue weighted by Gasteiger charge is 2.18. The molecule has 2 N–H and O–H groups in total. The van der Waals surface area contributed by atoms with E-state index in [9.17, 15) is 4.79 Å². The predicted molar refractivity (Wildman–Crippen MR) is 57.9 cm³/mol. The molecular weight excluding hydrogens is 178 g/mol. The highest BCUT2D eigenvalue weighted by Crippen LogP contribution is 2.17. The minimum absolute atomic E-state index is 0.0857. The van der Waals surface area contributed by atoms with E-state index in [1.165, 1.54) is 0 Å². The zero-order chi connectivity index (χ0) is 11.4. The molecular formula is C11H21NO2. The summed E-state index contributed by atoms with van der Waals surface area (Å²) in [7, 11) is 0. The molecule has 0 radical (unpaired) electrons. The van der Waals surface area contributed by atoms with Gasteiger partial charge in [-0.05, 0) is 40.2 Å². The maximum atomic E-state index is 10.8. The number of amides is 1. The number of hydrogen-bond donors (Lipinski definition) is 1. The lowest BCUT2D eigenvalue weighted by molar-refractivity contribution is -0.114. The third-order valence-corrected chi connectivity index (χ3v) is 2.23. The number of carbonyl (C=O) groups excluding carboxylic acids is 1. The van der Waals surface area contributed by atoms with Gasteiger partial charge in [-0.25, -0.2) is 0 Å². The smallest absolute Gasteiger partial charge is 0.244 e. The first kappa shape index (κ1) is 13.2. The van der Waals surface area contributed by atoms with Crippen molar-refractivity contribution in [3.8, 4) is 0 Å². The van der Waals surface area contributed by atoms with Crippen LogP contribution in [0.4, 0.5) is 0 Å². The van der Waals surface area contributed by atoms with Gasteiger partial charge in [0.05, 0.1) is 11.7 Å². The van der Waals surface area contributed by atoms with E-state index in [0.717, 1.165) is 6.42 Å². The van der Waals surface area contributed by atoms with Gasteiger partial charge in [-0.3, -0.25) is 4.79 Å². The molecule has 0 aliphatic rings. The first-order valence-electron chi connectivity index (χ1n) is 4.94. The van der Waals surface area contributed by atoms with Gasteiger partial charge in [-0.15, -0.1) is 0 Å². The molecule has 0 rings (SSSR count). The molecule has 0 aromatic carbocycles. The maximum absolute atomic E-state index is 10.8. The monoisotopic (exact) mass is 199 g/mol. The van der Waals surface area contributed by atoms with E-state index in [1.807, 2.05) is 20.8 Å². The maximum Gasteiger partial charge on any atom is 0.244 e. The van der Waals surface area contributed by atoms with Gasteiger partial charge in [-0.1, -0.05) is 6.92 Å². The van der Waals surface area contributed by atoms with E-state index in [-0.39, 0.29) is 11.7 Å². The van der Waals surface area contributed by atoms with Gasteiger partial charge in [-0.2, -0.15) is 0 Å². The summed E-state index contributed by atoms with van der Waals surface area (Å²) >= 11 is 0. The van der Waals surface area contributed by atoms with Crippen molar-refractivity contribution >= 4 is 5.91 Å². The molecule has 0 heterocycles. The van der Waals surface area contributed by atoms with Crippen LogP contribution in [0.2, 0.25) is 0 Å². The Hall–Kier alpha value is -0.830. The predicted octanol–water partition coefficient (Wildman–Crippen LogP) is 2.01. The Kier molecular flexibility index (Phi) is 4.85. The Morgan fingerprint density at radius 2 is 2.07 bits per heavy atom. The molecule has 0 bridgehead atoms. The molecule has 1 amide bonds. The number of primary amides is 1. The third kappa shape index (κ3) is 5.02. The molecule has 3 nitrogen and oxygen atoms in total. The minimum atomic E-state index is -0.394. The zero-order valence-electron chi connectivity index (χ0n) is 9.76. The van der Waals surface area contributed by atoms with Crippen molar-refractivity contribution in [1.29, 1.82) is 0 Å². The molecule has 0 aromatic heterocycles. The molecule has 0 saturated heterocycles. The molecule has 14 heavy (non-hydrogen) atoms. The van der Waals surface area contributed by atoms with E-state index in [4.69, 9.17) is 10.5 Å². The fraction of sp³-hybridized carbons (Fsp3) is 0.727. The largest absolute Gasteiger partial charge is 0.369 e. The molecule has 0 spiro atoms. The van der Waals surface area contributed by atoms with E-state index in [1.54, 1.807) is 13.0 Å². The Balaban J connectivity index is 4.30. The van der Waals surface area contributed by atoms with E-state index in [2.05, 4.69) is 6.92 Å². The van der Waals surface area contributed by atoms with Gasteiger partial charge in [0.1, 0.15) is 0 Å². The molecule has 0 fully saturated rings. The average Bonchev–Trinajstić information content (AvgIpc) is 2.02. The Bertz CT molecular complexity index is 231. The zero-order valence-corrected chi connectivity index (χ0v) is 9.76. The average molecular weight is 199 g/mol. The summed E-state index contributed by atoms with van der Waals surface area (Å²) in [5, 5.41) is 0. The summed E-state index contributed by atoms with van der Waals surface area (Å²) in [6.45, 7) is 9.72. The topological polar surface area (TPSA) is 52.3 Å². The Labute approximate surface area is 86.3 Å². The molecule has 1 atom stereocenters. The number of nitrogens with two attached hydrogens (primary N) is 1. The normalized spacial score (nSPS) is 15.4. The first-order chi connectivity index (χ1) is 6.28. The minimum Gasteiger partial charge on any atom is -0.369 e. The SMILES string of the molecule is CCC(C)(C)OC(C)C=C(C)C(N)=O. The fourth-order valence-corrected chi connectivity index (χ4v) is 1.05. The third-order valence-electron chi connectivity index (χ3n) is 2.23. The van der Waals surface area contributed by atoms with Crippen LogP contribution in [0.15, 0.2) is 11.6 Å². The lowest BCUT2D eigenvalue weighted by Crippen LogP contribution is -2.28. The summed E-state index contributed by atoms with van der Waals surface area (Å²) in [6, 6.07) is 0. The number of ether oxygens (including phenoxy) is 1. The quantitative estimate of drug-likeness (QED) is 0.689. The summed E-state index contributed by atoms with van der Waals surface area (Å²) in [6.07, 6.45) is 2.60. The van der Waals surface area contributed by atoms with Crippen LogP contribution in [-0.2, 0) is 9.53 Å². The van der Waals surface area contributed by atoms with Crippen molar-refractivity contribution in [2.45, 2.75) is 52.7 Å². The first-order valence-corrected chi connectivity index (χ1v) is 4.94. The highest BCUT2D eigenvalue weighted by atomic mass is 16.5. The fourth-order valence-electron chi connectivity index (χ4n) is 1.05. The van der Waals surface area contributed by atoms with Crippen LogP contribution in [-0.4, -0.2) is 17.6 Å². The van der Waals surface area contributed by atoms with Gasteiger partial charge in [0.25, 0.3) is 0 Å². The number of rotatable bonds is 5. The van der Waals surface area contributed by atoms with E-state index >= 15 is 0 Å². The Morgan fingerprint density at radius 1 is 1.57 bits per heavy atom. The van der Waals surface area contributed by atoms with Crippen LogP contribution < -0.4 is 5.73 Å². The van der Waals surface area contributed by atoms with E-state index in [0.29, 0.717) is 5.57 Å². The Morgan fingerprint density at radius 3 is 2.43 bits per heavy atom. The van der Waals surface area contributed by atoms with Crippen LogP contribution >= 0.6 is 0 Å².